The molecule has 0 aliphatic heterocycles. The molecule has 0 saturated carbocycles. The summed E-state index contributed by atoms with van der Waals surface area (Å²) in [6.07, 6.45) is 0. The summed E-state index contributed by atoms with van der Waals surface area (Å²) in [6, 6.07) is 23.6. The van der Waals surface area contributed by atoms with Gasteiger partial charge < -0.3 is 4.74 Å². The maximum atomic E-state index is 6.02. The van der Waals surface area contributed by atoms with E-state index in [1.54, 1.807) is 4.80 Å². The van der Waals surface area contributed by atoms with Crippen LogP contribution in [0.25, 0.3) is 11.4 Å². The number of hydrogen-bond acceptors (Lipinski definition) is 4. The minimum atomic E-state index is 0.519. The van der Waals surface area contributed by atoms with Crippen LogP contribution in [0, 0.1) is 6.92 Å². The van der Waals surface area contributed by atoms with Crippen LogP contribution in [0.1, 0.15) is 16.7 Å². The predicted octanol–water partition coefficient (Wildman–Crippen LogP) is 4.93. The van der Waals surface area contributed by atoms with Crippen LogP contribution in [0.2, 0.25) is 5.02 Å². The summed E-state index contributed by atoms with van der Waals surface area (Å²) in [7, 11) is 0. The average molecular weight is 391 g/mol. The standard InChI is InChI=1S/C22H19ClN4O/c1-16-5-7-17(8-6-16)15-28-21-11-9-19(10-12-21)22-24-26-27(25-22)14-18-3-2-4-20(23)13-18/h2-13H,14-15H2,1H3. The Kier molecular flexibility index (Phi) is 5.35. The van der Waals surface area contributed by atoms with Crippen molar-refractivity contribution in [3.63, 3.8) is 0 Å². The largest absolute Gasteiger partial charge is 0.489 e. The van der Waals surface area contributed by atoms with E-state index in [0.717, 1.165) is 22.4 Å². The zero-order valence-electron chi connectivity index (χ0n) is 15.4. The molecule has 0 aliphatic carbocycles. The smallest absolute Gasteiger partial charge is 0.204 e. The molecule has 0 bridgehead atoms. The summed E-state index contributed by atoms with van der Waals surface area (Å²) in [4.78, 5) is 1.56. The number of rotatable bonds is 6. The van der Waals surface area contributed by atoms with Gasteiger partial charge in [0, 0.05) is 10.6 Å². The minimum Gasteiger partial charge on any atom is -0.489 e. The van der Waals surface area contributed by atoms with E-state index in [4.69, 9.17) is 16.3 Å². The quantitative estimate of drug-likeness (QED) is 0.468. The molecule has 3 aromatic carbocycles. The van der Waals surface area contributed by atoms with Gasteiger partial charge in [-0.1, -0.05) is 53.6 Å². The van der Waals surface area contributed by atoms with Gasteiger partial charge in [-0.05, 0) is 59.7 Å². The second-order valence-corrected chi connectivity index (χ2v) is 7.01. The van der Waals surface area contributed by atoms with Gasteiger partial charge in [-0.2, -0.15) is 4.80 Å². The van der Waals surface area contributed by atoms with Crippen LogP contribution < -0.4 is 4.74 Å². The van der Waals surface area contributed by atoms with E-state index < -0.39 is 0 Å². The minimum absolute atomic E-state index is 0.519. The fourth-order valence-electron chi connectivity index (χ4n) is 2.78. The molecule has 0 saturated heterocycles. The fraction of sp³-hybridized carbons (Fsp3) is 0.136. The van der Waals surface area contributed by atoms with Gasteiger partial charge in [0.1, 0.15) is 12.4 Å². The van der Waals surface area contributed by atoms with Crippen LogP contribution in [0.15, 0.2) is 72.8 Å². The molecule has 0 atom stereocenters. The molecule has 0 unspecified atom stereocenters. The molecule has 1 aromatic heterocycles. The Morgan fingerprint density at radius 1 is 0.929 bits per heavy atom. The van der Waals surface area contributed by atoms with Crippen LogP contribution in [0.3, 0.4) is 0 Å². The van der Waals surface area contributed by atoms with Gasteiger partial charge in [-0.3, -0.25) is 0 Å². The van der Waals surface area contributed by atoms with Gasteiger partial charge in [0.05, 0.1) is 6.54 Å². The maximum Gasteiger partial charge on any atom is 0.204 e. The first-order valence-corrected chi connectivity index (χ1v) is 9.34. The SMILES string of the molecule is Cc1ccc(COc2ccc(-c3nnn(Cc4cccc(Cl)c4)n3)cc2)cc1. The van der Waals surface area contributed by atoms with E-state index >= 15 is 0 Å². The number of ether oxygens (including phenoxy) is 1. The van der Waals surface area contributed by atoms with Crippen molar-refractivity contribution >= 4 is 11.6 Å². The Morgan fingerprint density at radius 3 is 2.46 bits per heavy atom. The molecular weight excluding hydrogens is 372 g/mol. The topological polar surface area (TPSA) is 52.8 Å². The van der Waals surface area contributed by atoms with Crippen molar-refractivity contribution in [1.82, 2.24) is 20.2 Å². The molecule has 0 amide bonds. The lowest BCUT2D eigenvalue weighted by atomic mass is 10.2. The van der Waals surface area contributed by atoms with Gasteiger partial charge >= 0.3 is 0 Å². The number of hydrogen-bond donors (Lipinski definition) is 0. The second kappa shape index (κ2) is 8.23. The third-order valence-electron chi connectivity index (χ3n) is 4.30. The number of nitrogens with zero attached hydrogens (tertiary/aromatic N) is 4. The van der Waals surface area contributed by atoms with Crippen molar-refractivity contribution < 1.29 is 4.74 Å². The lowest BCUT2D eigenvalue weighted by Crippen LogP contribution is -2.03. The lowest BCUT2D eigenvalue weighted by molar-refractivity contribution is 0.306. The van der Waals surface area contributed by atoms with Gasteiger partial charge in [-0.25, -0.2) is 0 Å². The van der Waals surface area contributed by atoms with Crippen molar-refractivity contribution in [2.24, 2.45) is 0 Å². The molecule has 0 spiro atoms. The summed E-state index contributed by atoms with van der Waals surface area (Å²) < 4.78 is 5.84. The van der Waals surface area contributed by atoms with Gasteiger partial charge in [0.2, 0.25) is 5.82 Å². The van der Waals surface area contributed by atoms with Crippen molar-refractivity contribution in [3.05, 3.63) is 94.5 Å². The lowest BCUT2D eigenvalue weighted by Gasteiger charge is -2.07. The fourth-order valence-corrected chi connectivity index (χ4v) is 2.99. The Morgan fingerprint density at radius 2 is 1.71 bits per heavy atom. The highest BCUT2D eigenvalue weighted by molar-refractivity contribution is 6.30. The van der Waals surface area contributed by atoms with Gasteiger partial charge in [0.15, 0.2) is 0 Å². The summed E-state index contributed by atoms with van der Waals surface area (Å²) in [5, 5.41) is 13.4. The molecule has 4 aromatic rings. The molecule has 0 aliphatic rings. The predicted molar refractivity (Wildman–Crippen MR) is 109 cm³/mol. The number of halogens is 1. The van der Waals surface area contributed by atoms with E-state index in [9.17, 15) is 0 Å². The van der Waals surface area contributed by atoms with Crippen LogP contribution >= 0.6 is 11.6 Å². The molecule has 1 heterocycles. The Balaban J connectivity index is 1.39. The molecule has 4 rings (SSSR count). The van der Waals surface area contributed by atoms with Crippen LogP contribution in [-0.2, 0) is 13.2 Å². The maximum absolute atomic E-state index is 6.02. The zero-order valence-corrected chi connectivity index (χ0v) is 16.2. The number of aryl methyl sites for hydroxylation is 1. The summed E-state index contributed by atoms with van der Waals surface area (Å²) in [6.45, 7) is 3.13. The highest BCUT2D eigenvalue weighted by Crippen LogP contribution is 2.20. The van der Waals surface area contributed by atoms with Crippen LogP contribution in [-0.4, -0.2) is 20.2 Å². The molecule has 0 radical (unpaired) electrons. The van der Waals surface area contributed by atoms with Crippen molar-refractivity contribution in [2.75, 3.05) is 0 Å². The molecular formula is C22H19ClN4O. The monoisotopic (exact) mass is 390 g/mol. The third-order valence-corrected chi connectivity index (χ3v) is 4.54. The van der Waals surface area contributed by atoms with E-state index in [2.05, 4.69) is 46.6 Å². The first-order valence-electron chi connectivity index (χ1n) is 8.97. The molecule has 6 heteroatoms. The number of tetrazole rings is 1. The summed E-state index contributed by atoms with van der Waals surface area (Å²) >= 11 is 6.02. The van der Waals surface area contributed by atoms with Crippen molar-refractivity contribution in [1.29, 1.82) is 0 Å². The normalized spacial score (nSPS) is 10.8. The molecule has 0 N–H and O–H groups in total. The Labute approximate surface area is 168 Å². The van der Waals surface area contributed by atoms with Gasteiger partial charge in [-0.15, -0.1) is 10.2 Å². The average Bonchev–Trinajstić information content (AvgIpc) is 3.16. The number of aromatic nitrogens is 4. The summed E-state index contributed by atoms with van der Waals surface area (Å²) in [5.74, 6) is 1.38. The number of benzene rings is 3. The zero-order chi connectivity index (χ0) is 19.3. The third kappa shape index (κ3) is 4.56. The highest BCUT2D eigenvalue weighted by Gasteiger charge is 2.07. The van der Waals surface area contributed by atoms with Crippen LogP contribution in [0.5, 0.6) is 5.75 Å². The first-order chi connectivity index (χ1) is 13.7. The molecule has 140 valence electrons. The van der Waals surface area contributed by atoms with E-state index in [1.165, 1.54) is 5.56 Å². The Bertz CT molecular complexity index is 1060. The second-order valence-electron chi connectivity index (χ2n) is 6.57. The molecule has 28 heavy (non-hydrogen) atoms. The molecule has 0 fully saturated rings. The van der Waals surface area contributed by atoms with E-state index in [-0.39, 0.29) is 0 Å². The Hall–Kier alpha value is -3.18. The van der Waals surface area contributed by atoms with Crippen molar-refractivity contribution in [2.45, 2.75) is 20.1 Å². The summed E-state index contributed by atoms with van der Waals surface area (Å²) in [5.41, 5.74) is 4.29. The van der Waals surface area contributed by atoms with E-state index in [1.807, 2.05) is 48.5 Å². The van der Waals surface area contributed by atoms with Crippen LogP contribution in [0.4, 0.5) is 0 Å². The molecule has 5 nitrogen and oxygen atoms in total. The first kappa shape index (κ1) is 18.2. The van der Waals surface area contributed by atoms with E-state index in [0.29, 0.717) is 24.0 Å². The van der Waals surface area contributed by atoms with Gasteiger partial charge in [0.25, 0.3) is 0 Å². The highest BCUT2D eigenvalue weighted by atomic mass is 35.5. The van der Waals surface area contributed by atoms with Crippen molar-refractivity contribution in [3.8, 4) is 17.1 Å².